The van der Waals surface area contributed by atoms with Gasteiger partial charge in [-0.05, 0) is 81.2 Å². The van der Waals surface area contributed by atoms with Crippen LogP contribution in [0.4, 0.5) is 15.3 Å². The first-order valence-electron chi connectivity index (χ1n) is 14.1. The number of rotatable bonds is 10. The fraction of sp³-hybridized carbons (Fsp3) is 0.467. The van der Waals surface area contributed by atoms with Crippen LogP contribution in [-0.4, -0.2) is 84.6 Å². The van der Waals surface area contributed by atoms with Crippen molar-refractivity contribution in [3.05, 3.63) is 53.1 Å². The number of hydrogen-bond acceptors (Lipinski definition) is 9. The van der Waals surface area contributed by atoms with Crippen LogP contribution in [0.15, 0.2) is 41.5 Å². The van der Waals surface area contributed by atoms with Crippen LogP contribution in [0.25, 0.3) is 0 Å². The number of carbonyl (C=O) groups excluding carboxylic acids is 3. The number of carbonyl (C=O) groups is 3. The summed E-state index contributed by atoms with van der Waals surface area (Å²) in [6, 6.07) is 11.0. The Morgan fingerprint density at radius 2 is 1.88 bits per heavy atom. The van der Waals surface area contributed by atoms with Gasteiger partial charge in [-0.15, -0.1) is 5.01 Å². The van der Waals surface area contributed by atoms with Crippen molar-refractivity contribution in [2.24, 2.45) is 5.10 Å². The van der Waals surface area contributed by atoms with Crippen LogP contribution in [0.2, 0.25) is 0 Å². The van der Waals surface area contributed by atoms with Gasteiger partial charge in [0.1, 0.15) is 6.61 Å². The molecule has 10 nitrogen and oxygen atoms in total. The molecule has 2 aromatic carbocycles. The molecule has 0 saturated carbocycles. The third-order valence-corrected chi connectivity index (χ3v) is 8.14. The minimum Gasteiger partial charge on any atom is -0.493 e. The molecule has 2 aromatic rings. The van der Waals surface area contributed by atoms with Crippen LogP contribution in [0, 0.1) is 0 Å². The van der Waals surface area contributed by atoms with Gasteiger partial charge in [-0.3, -0.25) is 9.59 Å². The van der Waals surface area contributed by atoms with Crippen LogP contribution >= 0.6 is 11.8 Å². The summed E-state index contributed by atoms with van der Waals surface area (Å²) in [5.74, 6) is 0.983. The second kappa shape index (κ2) is 13.9. The van der Waals surface area contributed by atoms with Crippen molar-refractivity contribution in [2.45, 2.75) is 45.8 Å². The molecule has 0 spiro atoms. The van der Waals surface area contributed by atoms with Crippen LogP contribution in [0.5, 0.6) is 11.5 Å². The molecule has 2 heterocycles. The van der Waals surface area contributed by atoms with Crippen molar-refractivity contribution in [1.29, 1.82) is 0 Å². The quantitative estimate of drug-likeness (QED) is 0.366. The molecule has 0 saturated heterocycles. The van der Waals surface area contributed by atoms with Crippen LogP contribution in [-0.2, 0) is 11.2 Å². The molecule has 220 valence electrons. The zero-order valence-electron chi connectivity index (χ0n) is 24.3. The summed E-state index contributed by atoms with van der Waals surface area (Å²) in [7, 11) is 1.55. The van der Waals surface area contributed by atoms with E-state index in [0.29, 0.717) is 42.5 Å². The predicted octanol–water partition coefficient (Wildman–Crippen LogP) is 5.43. The first kappa shape index (κ1) is 30.4. The van der Waals surface area contributed by atoms with E-state index in [-0.39, 0.29) is 17.8 Å². The van der Waals surface area contributed by atoms with Crippen LogP contribution in [0.1, 0.15) is 55.6 Å². The van der Waals surface area contributed by atoms with Gasteiger partial charge in [-0.2, -0.15) is 5.10 Å². The number of fused-ring (bicyclic) bond motifs is 1. The van der Waals surface area contributed by atoms with Gasteiger partial charge in [-0.25, -0.2) is 4.79 Å². The summed E-state index contributed by atoms with van der Waals surface area (Å²) < 4.78 is 16.4. The number of benzene rings is 2. The zero-order valence-corrected chi connectivity index (χ0v) is 25.2. The Labute approximate surface area is 245 Å². The number of anilines is 1. The molecular weight excluding hydrogens is 544 g/mol. The maximum absolute atomic E-state index is 13.6. The lowest BCUT2D eigenvalue weighted by atomic mass is 9.96. The standard InChI is InChI=1S/C30H38N4O6S/c1-6-32(7-2)16-17-40-29(36)34-30(37)41-20(4)27(31-34)22-11-13-24-21(18-22)10-9-15-33(24)28(35)23-12-14-25(39-8-3)26(19-23)38-5/h11-14,18-20H,6-10,15-17H2,1-5H3. The molecule has 1 unspecified atom stereocenters. The molecule has 2 aliphatic heterocycles. The van der Waals surface area contributed by atoms with Crippen LogP contribution in [0.3, 0.4) is 0 Å². The number of hydrogen-bond donors (Lipinski definition) is 0. The molecule has 0 radical (unpaired) electrons. The van der Waals surface area contributed by atoms with Crippen molar-refractivity contribution < 1.29 is 28.6 Å². The first-order valence-corrected chi connectivity index (χ1v) is 14.9. The van der Waals surface area contributed by atoms with Gasteiger partial charge >= 0.3 is 11.3 Å². The van der Waals surface area contributed by atoms with Gasteiger partial charge in [0.25, 0.3) is 5.91 Å². The number of amides is 3. The second-order valence-corrected chi connectivity index (χ2v) is 11.0. The summed E-state index contributed by atoms with van der Waals surface area (Å²) >= 11 is 1.04. The first-order chi connectivity index (χ1) is 19.8. The highest BCUT2D eigenvalue weighted by Crippen LogP contribution is 2.34. The number of hydrazone groups is 1. The fourth-order valence-electron chi connectivity index (χ4n) is 4.96. The number of thioether (sulfide) groups is 1. The van der Waals surface area contributed by atoms with E-state index in [1.807, 2.05) is 45.9 Å². The molecule has 2 aliphatic rings. The SMILES string of the molecule is CCOc1ccc(C(=O)N2CCCc3cc(C4=NN(C(=O)OCCN(CC)CC)C(=O)SC4C)ccc32)cc1OC. The number of methoxy groups -OCH3 is 1. The Hall–Kier alpha value is -3.57. The largest absolute Gasteiger partial charge is 0.493 e. The van der Waals surface area contributed by atoms with Crippen molar-refractivity contribution in [3.63, 3.8) is 0 Å². The van der Waals surface area contributed by atoms with Crippen LogP contribution < -0.4 is 14.4 Å². The second-order valence-electron chi connectivity index (χ2n) is 9.67. The number of ether oxygens (including phenoxy) is 3. The van der Waals surface area contributed by atoms with Crippen molar-refractivity contribution in [1.82, 2.24) is 9.91 Å². The van der Waals surface area contributed by atoms with E-state index in [4.69, 9.17) is 14.2 Å². The van der Waals surface area contributed by atoms with Crippen molar-refractivity contribution in [3.8, 4) is 11.5 Å². The summed E-state index contributed by atoms with van der Waals surface area (Å²) in [5.41, 5.74) is 3.76. The van der Waals surface area contributed by atoms with E-state index in [1.165, 1.54) is 0 Å². The van der Waals surface area contributed by atoms with Crippen molar-refractivity contribution in [2.75, 3.05) is 51.4 Å². The van der Waals surface area contributed by atoms with Gasteiger partial charge in [0.15, 0.2) is 11.5 Å². The monoisotopic (exact) mass is 582 g/mol. The maximum Gasteiger partial charge on any atom is 0.438 e. The average Bonchev–Trinajstić information content (AvgIpc) is 2.98. The van der Waals surface area contributed by atoms with E-state index in [0.717, 1.165) is 59.5 Å². The maximum atomic E-state index is 13.6. The minimum atomic E-state index is -0.778. The van der Waals surface area contributed by atoms with E-state index >= 15 is 0 Å². The Morgan fingerprint density at radius 3 is 2.59 bits per heavy atom. The average molecular weight is 583 g/mol. The molecule has 3 amide bonds. The number of likely N-dealkylation sites (N-methyl/N-ethyl adjacent to an activating group) is 1. The Kier molecular flexibility index (Phi) is 10.3. The van der Waals surface area contributed by atoms with Gasteiger partial charge in [0.2, 0.25) is 0 Å². The van der Waals surface area contributed by atoms with Crippen molar-refractivity contribution >= 4 is 40.4 Å². The summed E-state index contributed by atoms with van der Waals surface area (Å²) in [6.45, 7) is 11.4. The molecule has 41 heavy (non-hydrogen) atoms. The smallest absolute Gasteiger partial charge is 0.438 e. The van der Waals surface area contributed by atoms with Gasteiger partial charge in [0.05, 0.1) is 24.7 Å². The Balaban J connectivity index is 1.55. The lowest BCUT2D eigenvalue weighted by Gasteiger charge is -2.31. The zero-order chi connectivity index (χ0) is 29.5. The number of nitrogens with zero attached hydrogens (tertiary/aromatic N) is 4. The molecule has 0 fully saturated rings. The third kappa shape index (κ3) is 6.84. The van der Waals surface area contributed by atoms with Gasteiger partial charge < -0.3 is 24.0 Å². The summed E-state index contributed by atoms with van der Waals surface area (Å²) in [5, 5.41) is 4.53. The third-order valence-electron chi connectivity index (χ3n) is 7.19. The highest BCUT2D eigenvalue weighted by molar-refractivity contribution is 8.14. The number of imide groups is 1. The Morgan fingerprint density at radius 1 is 1.10 bits per heavy atom. The molecule has 0 bridgehead atoms. The highest BCUT2D eigenvalue weighted by atomic mass is 32.2. The van der Waals surface area contributed by atoms with E-state index in [9.17, 15) is 14.4 Å². The lowest BCUT2D eigenvalue weighted by molar-refractivity contribution is 0.0983. The van der Waals surface area contributed by atoms with Gasteiger partial charge in [-0.1, -0.05) is 31.7 Å². The normalized spacial score (nSPS) is 16.8. The predicted molar refractivity (Wildman–Crippen MR) is 161 cm³/mol. The fourth-order valence-corrected chi connectivity index (χ4v) is 5.77. The molecule has 4 rings (SSSR count). The lowest BCUT2D eigenvalue weighted by Crippen LogP contribution is -2.39. The summed E-state index contributed by atoms with van der Waals surface area (Å²) in [4.78, 5) is 42.8. The van der Waals surface area contributed by atoms with E-state index in [1.54, 1.807) is 30.2 Å². The minimum absolute atomic E-state index is 0.122. The Bertz CT molecular complexity index is 1310. The topological polar surface area (TPSA) is 101 Å². The molecule has 11 heteroatoms. The van der Waals surface area contributed by atoms with E-state index < -0.39 is 11.3 Å². The van der Waals surface area contributed by atoms with E-state index in [2.05, 4.69) is 10.0 Å². The molecule has 0 aromatic heterocycles. The molecule has 0 aliphatic carbocycles. The summed E-state index contributed by atoms with van der Waals surface area (Å²) in [6.07, 6.45) is 0.820. The van der Waals surface area contributed by atoms with Gasteiger partial charge in [0, 0.05) is 24.3 Å². The number of aryl methyl sites for hydroxylation is 1. The molecular formula is C30H38N4O6S. The molecule has 0 N–H and O–H groups in total. The molecule has 1 atom stereocenters. The highest BCUT2D eigenvalue weighted by Gasteiger charge is 2.34.